The summed E-state index contributed by atoms with van der Waals surface area (Å²) >= 11 is 0. The first-order valence-electron chi connectivity index (χ1n) is 10.3. The zero-order valence-corrected chi connectivity index (χ0v) is 16.2. The van der Waals surface area contributed by atoms with Crippen LogP contribution in [0.15, 0.2) is 42.7 Å². The van der Waals surface area contributed by atoms with Crippen LogP contribution < -0.4 is 5.32 Å². The van der Waals surface area contributed by atoms with E-state index in [9.17, 15) is 4.79 Å². The van der Waals surface area contributed by atoms with Gasteiger partial charge < -0.3 is 5.32 Å². The number of amides is 1. The maximum Gasteiger partial charge on any atom is 0.228 e. The number of nitrogens with one attached hydrogen (secondary N) is 2. The number of carbonyl (C=O) groups excluding carboxylic acids is 1. The van der Waals surface area contributed by atoms with Crippen molar-refractivity contribution in [1.82, 2.24) is 20.4 Å². The number of aromatic nitrogens is 2. The van der Waals surface area contributed by atoms with E-state index in [4.69, 9.17) is 0 Å². The molecular weight excluding hydrogens is 336 g/mol. The standard InChI is InChI=1S/C22H30N4O/c1-2-12-26-19-8-9-20(26)22(14-19,13-17-6-4-3-5-7-17)21(27)23-11-10-18-15-24-25-16-18/h3-7,15-16,19-20H,2,8-14H2,1H3,(H,23,27)(H,24,25)/t19-,20+,22+/m0/s1. The molecule has 4 rings (SSSR count). The normalized spacial score (nSPS) is 27.1. The number of nitrogens with zero attached hydrogens (tertiary/aromatic N) is 2. The third-order valence-corrected chi connectivity index (χ3v) is 6.43. The Morgan fingerprint density at radius 1 is 1.30 bits per heavy atom. The number of fused-ring (bicyclic) bond motifs is 2. The van der Waals surface area contributed by atoms with E-state index in [1.54, 1.807) is 0 Å². The van der Waals surface area contributed by atoms with E-state index >= 15 is 0 Å². The highest BCUT2D eigenvalue weighted by Gasteiger charge is 2.59. The molecule has 5 heteroatoms. The molecule has 2 N–H and O–H groups in total. The largest absolute Gasteiger partial charge is 0.355 e. The molecule has 1 aromatic carbocycles. The third kappa shape index (κ3) is 3.53. The van der Waals surface area contributed by atoms with E-state index in [0.29, 0.717) is 18.6 Å². The summed E-state index contributed by atoms with van der Waals surface area (Å²) in [6.07, 6.45) is 9.90. The number of rotatable bonds is 8. The molecule has 0 radical (unpaired) electrons. The van der Waals surface area contributed by atoms with Crippen molar-refractivity contribution in [1.29, 1.82) is 0 Å². The minimum atomic E-state index is -0.296. The summed E-state index contributed by atoms with van der Waals surface area (Å²) in [5.41, 5.74) is 2.11. The molecule has 2 aliphatic rings. The van der Waals surface area contributed by atoms with Crippen LogP contribution in [-0.2, 0) is 17.6 Å². The van der Waals surface area contributed by atoms with Crippen molar-refractivity contribution in [2.24, 2.45) is 5.41 Å². The van der Waals surface area contributed by atoms with Gasteiger partial charge in [-0.05, 0) is 56.2 Å². The van der Waals surface area contributed by atoms with Gasteiger partial charge in [-0.3, -0.25) is 14.8 Å². The smallest absolute Gasteiger partial charge is 0.228 e. The van der Waals surface area contributed by atoms with Crippen molar-refractivity contribution in [2.45, 2.75) is 57.5 Å². The second kappa shape index (κ2) is 7.85. The fourth-order valence-corrected chi connectivity index (χ4v) is 5.29. The number of hydrogen-bond acceptors (Lipinski definition) is 3. The first kappa shape index (κ1) is 18.2. The summed E-state index contributed by atoms with van der Waals surface area (Å²) in [7, 11) is 0. The Labute approximate surface area is 161 Å². The van der Waals surface area contributed by atoms with Crippen LogP contribution in [0.4, 0.5) is 0 Å². The molecule has 2 saturated heterocycles. The van der Waals surface area contributed by atoms with Gasteiger partial charge in [-0.1, -0.05) is 37.3 Å². The quantitative estimate of drug-likeness (QED) is 0.755. The molecule has 0 aliphatic carbocycles. The van der Waals surface area contributed by atoms with Crippen molar-refractivity contribution in [3.63, 3.8) is 0 Å². The van der Waals surface area contributed by atoms with E-state index < -0.39 is 0 Å². The van der Waals surface area contributed by atoms with Gasteiger partial charge in [0, 0.05) is 24.8 Å². The molecule has 3 heterocycles. The highest BCUT2D eigenvalue weighted by molar-refractivity contribution is 5.84. The van der Waals surface area contributed by atoms with Crippen molar-refractivity contribution in [2.75, 3.05) is 13.1 Å². The Morgan fingerprint density at radius 3 is 2.89 bits per heavy atom. The molecular formula is C22H30N4O. The first-order valence-corrected chi connectivity index (χ1v) is 10.3. The van der Waals surface area contributed by atoms with Crippen LogP contribution in [-0.4, -0.2) is 46.2 Å². The lowest BCUT2D eigenvalue weighted by Crippen LogP contribution is -2.51. The van der Waals surface area contributed by atoms with Gasteiger partial charge in [0.1, 0.15) is 0 Å². The predicted octanol–water partition coefficient (Wildman–Crippen LogP) is 2.94. The van der Waals surface area contributed by atoms with Crippen molar-refractivity contribution in [3.8, 4) is 0 Å². The molecule has 5 nitrogen and oxygen atoms in total. The van der Waals surface area contributed by atoms with Gasteiger partial charge in [0.15, 0.2) is 0 Å². The summed E-state index contributed by atoms with van der Waals surface area (Å²) in [6.45, 7) is 4.01. The van der Waals surface area contributed by atoms with Crippen LogP contribution >= 0.6 is 0 Å². The molecule has 0 spiro atoms. The number of carbonyl (C=O) groups is 1. The minimum Gasteiger partial charge on any atom is -0.355 e. The zero-order chi connectivity index (χ0) is 18.7. The van der Waals surface area contributed by atoms with Crippen LogP contribution in [0.5, 0.6) is 0 Å². The van der Waals surface area contributed by atoms with Gasteiger partial charge in [-0.25, -0.2) is 0 Å². The summed E-state index contributed by atoms with van der Waals surface area (Å²) < 4.78 is 0. The summed E-state index contributed by atoms with van der Waals surface area (Å²) in [4.78, 5) is 16.1. The molecule has 144 valence electrons. The Hall–Kier alpha value is -2.14. The molecule has 27 heavy (non-hydrogen) atoms. The Kier molecular flexibility index (Phi) is 5.30. The van der Waals surface area contributed by atoms with E-state index in [1.165, 1.54) is 12.0 Å². The van der Waals surface area contributed by atoms with Crippen molar-refractivity contribution >= 4 is 5.91 Å². The Bertz CT molecular complexity index is 745. The van der Waals surface area contributed by atoms with E-state index in [0.717, 1.165) is 44.2 Å². The van der Waals surface area contributed by atoms with E-state index in [2.05, 4.69) is 51.6 Å². The zero-order valence-electron chi connectivity index (χ0n) is 16.2. The number of H-pyrrole nitrogens is 1. The van der Waals surface area contributed by atoms with Crippen LogP contribution in [0.25, 0.3) is 0 Å². The molecule has 0 saturated carbocycles. The molecule has 1 amide bonds. The maximum atomic E-state index is 13.5. The van der Waals surface area contributed by atoms with Gasteiger partial charge in [0.25, 0.3) is 0 Å². The average molecular weight is 367 g/mol. The van der Waals surface area contributed by atoms with Gasteiger partial charge in [0.05, 0.1) is 11.6 Å². The van der Waals surface area contributed by atoms with E-state index in [-0.39, 0.29) is 11.3 Å². The van der Waals surface area contributed by atoms with Gasteiger partial charge in [-0.15, -0.1) is 0 Å². The highest BCUT2D eigenvalue weighted by Crippen LogP contribution is 2.51. The fraction of sp³-hybridized carbons (Fsp3) is 0.545. The molecule has 2 fully saturated rings. The van der Waals surface area contributed by atoms with Gasteiger partial charge in [0.2, 0.25) is 5.91 Å². The van der Waals surface area contributed by atoms with Gasteiger partial charge in [-0.2, -0.15) is 5.10 Å². The predicted molar refractivity (Wildman–Crippen MR) is 106 cm³/mol. The van der Waals surface area contributed by atoms with Crippen LogP contribution in [0.1, 0.15) is 43.7 Å². The molecule has 1 aromatic heterocycles. The fourth-order valence-electron chi connectivity index (χ4n) is 5.29. The number of hydrogen-bond donors (Lipinski definition) is 2. The molecule has 2 bridgehead atoms. The lowest BCUT2D eigenvalue weighted by molar-refractivity contribution is -0.132. The summed E-state index contributed by atoms with van der Waals surface area (Å²) in [6, 6.07) is 11.5. The molecule has 3 atom stereocenters. The maximum absolute atomic E-state index is 13.5. The van der Waals surface area contributed by atoms with Crippen LogP contribution in [0.2, 0.25) is 0 Å². The number of benzene rings is 1. The molecule has 2 aromatic rings. The van der Waals surface area contributed by atoms with Crippen LogP contribution in [0, 0.1) is 5.41 Å². The topological polar surface area (TPSA) is 61.0 Å². The average Bonchev–Trinajstić information content (AvgIpc) is 3.39. The summed E-state index contributed by atoms with van der Waals surface area (Å²) in [5.74, 6) is 0.239. The van der Waals surface area contributed by atoms with Crippen molar-refractivity contribution < 1.29 is 4.79 Å². The second-order valence-electron chi connectivity index (χ2n) is 8.12. The van der Waals surface area contributed by atoms with Crippen molar-refractivity contribution in [3.05, 3.63) is 53.9 Å². The SMILES string of the molecule is CCCN1[C@H]2CC[C@@H]1[C@](Cc1ccccc1)(C(=O)NCCc1cn[nH]c1)C2. The molecule has 2 aliphatic heterocycles. The van der Waals surface area contributed by atoms with Crippen LogP contribution in [0.3, 0.4) is 0 Å². The lowest BCUT2D eigenvalue weighted by atomic mass is 9.69. The Morgan fingerprint density at radius 2 is 2.15 bits per heavy atom. The lowest BCUT2D eigenvalue weighted by Gasteiger charge is -2.36. The van der Waals surface area contributed by atoms with Gasteiger partial charge >= 0.3 is 0 Å². The number of aromatic amines is 1. The minimum absolute atomic E-state index is 0.239. The molecule has 0 unspecified atom stereocenters. The summed E-state index contributed by atoms with van der Waals surface area (Å²) in [5, 5.41) is 10.1. The Balaban J connectivity index is 1.52. The highest BCUT2D eigenvalue weighted by atomic mass is 16.2. The monoisotopic (exact) mass is 366 g/mol. The first-order chi connectivity index (χ1) is 13.2. The third-order valence-electron chi connectivity index (χ3n) is 6.43. The second-order valence-corrected chi connectivity index (χ2v) is 8.12. The van der Waals surface area contributed by atoms with E-state index in [1.807, 2.05) is 18.5 Å².